The number of hydrogen-bond acceptors (Lipinski definition) is 4. The maximum absolute atomic E-state index is 9.10. The van der Waals surface area contributed by atoms with Crippen molar-refractivity contribution in [3.63, 3.8) is 0 Å². The molecule has 25 heavy (non-hydrogen) atoms. The molecule has 0 amide bonds. The fourth-order valence-corrected chi connectivity index (χ4v) is 1.88. The summed E-state index contributed by atoms with van der Waals surface area (Å²) in [5.74, 6) is -2.17. The van der Waals surface area contributed by atoms with Crippen molar-refractivity contribution in [2.24, 2.45) is 0 Å². The van der Waals surface area contributed by atoms with E-state index in [4.69, 9.17) is 24.5 Å². The summed E-state index contributed by atoms with van der Waals surface area (Å²) in [6.07, 6.45) is 3.81. The number of carboxylic acid groups (broad SMARTS) is 2. The summed E-state index contributed by atoms with van der Waals surface area (Å²) in [7, 11) is 0. The zero-order valence-electron chi connectivity index (χ0n) is 14.9. The quantitative estimate of drug-likeness (QED) is 0.526. The molecule has 0 bridgehead atoms. The van der Waals surface area contributed by atoms with E-state index in [-0.39, 0.29) is 0 Å². The first kappa shape index (κ1) is 22.4. The van der Waals surface area contributed by atoms with Crippen molar-refractivity contribution in [3.8, 4) is 5.75 Å². The maximum Gasteiger partial charge on any atom is 0.414 e. The van der Waals surface area contributed by atoms with E-state index >= 15 is 0 Å². The van der Waals surface area contributed by atoms with Gasteiger partial charge in [-0.1, -0.05) is 38.1 Å². The standard InChI is InChI=1S/C17H25NO.C2H2O4/c1-5-10-18(11-6-2)12-13-19-17-9-7-8-16(14-17)15(3)4;3-1(4)2(5)6/h5-9,14-15H,1-2,10-13H2,3-4H3;(H,3,4)(H,5,6). The van der Waals surface area contributed by atoms with E-state index in [1.54, 1.807) is 0 Å². The van der Waals surface area contributed by atoms with Gasteiger partial charge in [0.2, 0.25) is 0 Å². The lowest BCUT2D eigenvalue weighted by atomic mass is 10.0. The SMILES string of the molecule is C=CCN(CC=C)CCOc1cccc(C(C)C)c1.O=C(O)C(=O)O. The fraction of sp³-hybridized carbons (Fsp3) is 0.368. The summed E-state index contributed by atoms with van der Waals surface area (Å²) in [5, 5.41) is 14.8. The lowest BCUT2D eigenvalue weighted by Crippen LogP contribution is -2.28. The van der Waals surface area contributed by atoms with Gasteiger partial charge in [0.05, 0.1) is 0 Å². The normalized spacial score (nSPS) is 9.92. The van der Waals surface area contributed by atoms with Gasteiger partial charge in [0.15, 0.2) is 0 Å². The van der Waals surface area contributed by atoms with E-state index in [2.05, 4.69) is 50.1 Å². The molecule has 1 rings (SSSR count). The van der Waals surface area contributed by atoms with Crippen molar-refractivity contribution in [3.05, 3.63) is 55.1 Å². The Morgan fingerprint density at radius 2 is 1.72 bits per heavy atom. The molecule has 0 aromatic heterocycles. The second-order valence-corrected chi connectivity index (χ2v) is 5.52. The van der Waals surface area contributed by atoms with Crippen molar-refractivity contribution in [1.29, 1.82) is 0 Å². The van der Waals surface area contributed by atoms with Crippen LogP contribution >= 0.6 is 0 Å². The van der Waals surface area contributed by atoms with E-state index in [0.717, 1.165) is 25.4 Å². The molecule has 0 atom stereocenters. The first-order valence-electron chi connectivity index (χ1n) is 7.94. The van der Waals surface area contributed by atoms with Gasteiger partial charge in [0.1, 0.15) is 12.4 Å². The summed E-state index contributed by atoms with van der Waals surface area (Å²) in [5.41, 5.74) is 1.31. The Bertz CT molecular complexity index is 547. The molecule has 0 unspecified atom stereocenters. The van der Waals surface area contributed by atoms with Crippen LogP contribution in [0.2, 0.25) is 0 Å². The summed E-state index contributed by atoms with van der Waals surface area (Å²) in [6.45, 7) is 15.2. The molecule has 0 radical (unpaired) electrons. The van der Waals surface area contributed by atoms with Crippen LogP contribution in [0.25, 0.3) is 0 Å². The Kier molecular flexibility index (Phi) is 11.4. The first-order valence-corrected chi connectivity index (χ1v) is 7.94. The van der Waals surface area contributed by atoms with Gasteiger partial charge in [-0.05, 0) is 23.6 Å². The molecule has 0 aliphatic rings. The molecule has 138 valence electrons. The number of carboxylic acids is 2. The molecular weight excluding hydrogens is 322 g/mol. The fourth-order valence-electron chi connectivity index (χ4n) is 1.88. The van der Waals surface area contributed by atoms with Gasteiger partial charge < -0.3 is 14.9 Å². The largest absolute Gasteiger partial charge is 0.492 e. The van der Waals surface area contributed by atoms with Crippen molar-refractivity contribution < 1.29 is 24.5 Å². The monoisotopic (exact) mass is 349 g/mol. The van der Waals surface area contributed by atoms with Crippen LogP contribution in [0.15, 0.2) is 49.6 Å². The van der Waals surface area contributed by atoms with Crippen LogP contribution in [0.5, 0.6) is 5.75 Å². The first-order chi connectivity index (χ1) is 11.8. The topological polar surface area (TPSA) is 87.1 Å². The van der Waals surface area contributed by atoms with Crippen LogP contribution in [0.1, 0.15) is 25.3 Å². The van der Waals surface area contributed by atoms with Crippen molar-refractivity contribution >= 4 is 11.9 Å². The van der Waals surface area contributed by atoms with Crippen LogP contribution in [-0.4, -0.2) is 53.3 Å². The number of benzene rings is 1. The average Bonchev–Trinajstić information content (AvgIpc) is 2.56. The van der Waals surface area contributed by atoms with Crippen molar-refractivity contribution in [2.75, 3.05) is 26.2 Å². The van der Waals surface area contributed by atoms with E-state index in [1.807, 2.05) is 18.2 Å². The Labute approximate surface area is 149 Å². The third-order valence-electron chi connectivity index (χ3n) is 3.16. The van der Waals surface area contributed by atoms with Crippen molar-refractivity contribution in [2.45, 2.75) is 19.8 Å². The van der Waals surface area contributed by atoms with Gasteiger partial charge in [-0.15, -0.1) is 13.2 Å². The molecule has 0 saturated carbocycles. The molecule has 6 heteroatoms. The number of carbonyl (C=O) groups is 2. The zero-order valence-corrected chi connectivity index (χ0v) is 14.9. The van der Waals surface area contributed by atoms with Crippen LogP contribution in [0.3, 0.4) is 0 Å². The Morgan fingerprint density at radius 1 is 1.16 bits per heavy atom. The second-order valence-electron chi connectivity index (χ2n) is 5.52. The third-order valence-corrected chi connectivity index (χ3v) is 3.16. The minimum Gasteiger partial charge on any atom is -0.492 e. The highest BCUT2D eigenvalue weighted by Gasteiger charge is 2.04. The lowest BCUT2D eigenvalue weighted by Gasteiger charge is -2.19. The molecule has 2 N–H and O–H groups in total. The van der Waals surface area contributed by atoms with Gasteiger partial charge in [-0.25, -0.2) is 9.59 Å². The average molecular weight is 349 g/mol. The van der Waals surface area contributed by atoms with Crippen LogP contribution in [0, 0.1) is 0 Å². The zero-order chi connectivity index (χ0) is 19.2. The van der Waals surface area contributed by atoms with Gasteiger partial charge in [-0.2, -0.15) is 0 Å². The molecule has 0 saturated heterocycles. The van der Waals surface area contributed by atoms with E-state index in [0.29, 0.717) is 12.5 Å². The smallest absolute Gasteiger partial charge is 0.414 e. The molecule has 0 aliphatic heterocycles. The number of ether oxygens (including phenoxy) is 1. The Balaban J connectivity index is 0.000000823. The van der Waals surface area contributed by atoms with E-state index in [9.17, 15) is 0 Å². The molecule has 0 heterocycles. The van der Waals surface area contributed by atoms with Gasteiger partial charge in [0, 0.05) is 19.6 Å². The molecule has 0 fully saturated rings. The number of nitrogens with zero attached hydrogens (tertiary/aromatic N) is 1. The van der Waals surface area contributed by atoms with Gasteiger partial charge in [0.25, 0.3) is 0 Å². The van der Waals surface area contributed by atoms with Gasteiger partial charge in [-0.3, -0.25) is 4.90 Å². The van der Waals surface area contributed by atoms with Crippen LogP contribution in [0.4, 0.5) is 0 Å². The van der Waals surface area contributed by atoms with Crippen LogP contribution < -0.4 is 4.74 Å². The molecular formula is C19H27NO5. The third kappa shape index (κ3) is 10.7. The number of hydrogen-bond donors (Lipinski definition) is 2. The van der Waals surface area contributed by atoms with E-state index < -0.39 is 11.9 Å². The minimum atomic E-state index is -1.82. The molecule has 1 aromatic carbocycles. The summed E-state index contributed by atoms with van der Waals surface area (Å²) < 4.78 is 5.81. The molecule has 6 nitrogen and oxygen atoms in total. The Morgan fingerprint density at radius 3 is 2.16 bits per heavy atom. The van der Waals surface area contributed by atoms with Crippen LogP contribution in [-0.2, 0) is 9.59 Å². The molecule has 0 aliphatic carbocycles. The predicted molar refractivity (Wildman–Crippen MR) is 98.1 cm³/mol. The summed E-state index contributed by atoms with van der Waals surface area (Å²) >= 11 is 0. The highest BCUT2D eigenvalue weighted by Crippen LogP contribution is 2.19. The highest BCUT2D eigenvalue weighted by molar-refractivity contribution is 6.27. The Hall–Kier alpha value is -2.60. The molecule has 0 spiro atoms. The second kappa shape index (κ2) is 12.8. The lowest BCUT2D eigenvalue weighted by molar-refractivity contribution is -0.159. The highest BCUT2D eigenvalue weighted by atomic mass is 16.5. The van der Waals surface area contributed by atoms with E-state index in [1.165, 1.54) is 5.56 Å². The number of aliphatic carboxylic acids is 2. The van der Waals surface area contributed by atoms with Crippen molar-refractivity contribution in [1.82, 2.24) is 4.90 Å². The van der Waals surface area contributed by atoms with Gasteiger partial charge >= 0.3 is 11.9 Å². The predicted octanol–water partition coefficient (Wildman–Crippen LogP) is 3.02. The molecule has 1 aromatic rings. The summed E-state index contributed by atoms with van der Waals surface area (Å²) in [6, 6.07) is 8.32. The minimum absolute atomic E-state index is 0.529. The number of rotatable bonds is 9. The summed E-state index contributed by atoms with van der Waals surface area (Å²) in [4.78, 5) is 20.4. The maximum atomic E-state index is 9.10.